The maximum atomic E-state index is 13.1. The summed E-state index contributed by atoms with van der Waals surface area (Å²) in [6.07, 6.45) is 0. The van der Waals surface area contributed by atoms with Gasteiger partial charge in [-0.25, -0.2) is 17.5 Å². The second kappa shape index (κ2) is 8.14. The normalized spacial score (nSPS) is 19.3. The Balaban J connectivity index is 1.81. The molecule has 2 heterocycles. The van der Waals surface area contributed by atoms with Crippen LogP contribution in [0.2, 0.25) is 0 Å². The number of piperazine rings is 1. The van der Waals surface area contributed by atoms with Gasteiger partial charge < -0.3 is 4.90 Å². The number of halogens is 1. The van der Waals surface area contributed by atoms with Gasteiger partial charge in [-0.15, -0.1) is 11.3 Å². The molecule has 3 rings (SSSR count). The van der Waals surface area contributed by atoms with E-state index in [1.165, 1.54) is 12.1 Å². The highest BCUT2D eigenvalue weighted by Gasteiger charge is 2.31. The fourth-order valence-electron chi connectivity index (χ4n) is 3.29. The van der Waals surface area contributed by atoms with Crippen LogP contribution >= 0.6 is 11.3 Å². The average Bonchev–Trinajstić information content (AvgIpc) is 3.11. The number of hydrogen-bond acceptors (Lipinski definition) is 5. The standard InChI is InChI=1S/C18H24FN3O2S2/c1-14(20-26(23,24)16-7-5-15(19)6-8-16)18(17-4-3-13-25-17)22-11-9-21(2)10-12-22/h3-8,13-14,18,20H,9-12H2,1-2H3/t14-,18+/m0/s1. The van der Waals surface area contributed by atoms with Gasteiger partial charge in [0.05, 0.1) is 10.9 Å². The van der Waals surface area contributed by atoms with Gasteiger partial charge in [-0.3, -0.25) is 4.90 Å². The zero-order valence-corrected chi connectivity index (χ0v) is 16.6. The molecule has 1 aromatic heterocycles. The molecule has 2 aromatic rings. The summed E-state index contributed by atoms with van der Waals surface area (Å²) in [5.41, 5.74) is 0. The van der Waals surface area contributed by atoms with Gasteiger partial charge in [-0.05, 0) is 49.7 Å². The lowest BCUT2D eigenvalue weighted by molar-refractivity contribution is 0.0994. The largest absolute Gasteiger partial charge is 0.304 e. The Morgan fingerprint density at radius 1 is 1.12 bits per heavy atom. The maximum absolute atomic E-state index is 13.1. The minimum absolute atomic E-state index is 0.0288. The molecule has 1 saturated heterocycles. The van der Waals surface area contributed by atoms with E-state index in [0.29, 0.717) is 0 Å². The zero-order chi connectivity index (χ0) is 18.7. The van der Waals surface area contributed by atoms with Crippen molar-refractivity contribution in [1.82, 2.24) is 14.5 Å². The summed E-state index contributed by atoms with van der Waals surface area (Å²) in [7, 11) is -1.62. The number of likely N-dealkylation sites (N-methyl/N-ethyl adjacent to an activating group) is 1. The molecule has 142 valence electrons. The van der Waals surface area contributed by atoms with Gasteiger partial charge in [0.25, 0.3) is 0 Å². The molecular formula is C18H24FN3O2S2. The molecule has 5 nitrogen and oxygen atoms in total. The number of benzene rings is 1. The summed E-state index contributed by atoms with van der Waals surface area (Å²) in [6, 6.07) is 8.61. The van der Waals surface area contributed by atoms with E-state index in [4.69, 9.17) is 0 Å². The first-order valence-electron chi connectivity index (χ1n) is 8.61. The number of nitrogens with zero attached hydrogens (tertiary/aromatic N) is 2. The van der Waals surface area contributed by atoms with Gasteiger partial charge in [-0.2, -0.15) is 0 Å². The highest BCUT2D eigenvalue weighted by molar-refractivity contribution is 7.89. The molecule has 8 heteroatoms. The monoisotopic (exact) mass is 397 g/mol. The van der Waals surface area contributed by atoms with E-state index in [9.17, 15) is 12.8 Å². The van der Waals surface area contributed by atoms with Crippen LogP contribution in [0.3, 0.4) is 0 Å². The van der Waals surface area contributed by atoms with Crippen LogP contribution in [0.15, 0.2) is 46.7 Å². The number of nitrogens with one attached hydrogen (secondary N) is 1. The molecule has 1 fully saturated rings. The SMILES string of the molecule is C[C@H](NS(=O)(=O)c1ccc(F)cc1)[C@H](c1cccs1)N1CCN(C)CC1. The van der Waals surface area contributed by atoms with E-state index >= 15 is 0 Å². The first-order chi connectivity index (χ1) is 12.4. The topological polar surface area (TPSA) is 52.7 Å². The molecule has 0 radical (unpaired) electrons. The second-order valence-corrected chi connectivity index (χ2v) is 9.36. The third-order valence-corrected chi connectivity index (χ3v) is 7.22. The van der Waals surface area contributed by atoms with E-state index in [2.05, 4.69) is 27.6 Å². The Hall–Kier alpha value is -1.32. The second-order valence-electron chi connectivity index (χ2n) is 6.66. The Bertz CT molecular complexity index is 801. The Morgan fingerprint density at radius 2 is 1.77 bits per heavy atom. The van der Waals surface area contributed by atoms with Crippen LogP contribution in [0, 0.1) is 5.82 Å². The van der Waals surface area contributed by atoms with E-state index in [0.717, 1.165) is 43.2 Å². The quantitative estimate of drug-likeness (QED) is 0.814. The summed E-state index contributed by atoms with van der Waals surface area (Å²) in [6.45, 7) is 5.59. The highest BCUT2D eigenvalue weighted by Crippen LogP contribution is 2.30. The fraction of sp³-hybridized carbons (Fsp3) is 0.444. The van der Waals surface area contributed by atoms with E-state index < -0.39 is 15.8 Å². The number of thiophene rings is 1. The van der Waals surface area contributed by atoms with Crippen molar-refractivity contribution in [3.63, 3.8) is 0 Å². The molecular weight excluding hydrogens is 373 g/mol. The maximum Gasteiger partial charge on any atom is 0.240 e. The molecule has 0 amide bonds. The van der Waals surface area contributed by atoms with Gasteiger partial charge in [0.15, 0.2) is 0 Å². The van der Waals surface area contributed by atoms with Crippen LogP contribution in [-0.2, 0) is 10.0 Å². The first kappa shape index (κ1) is 19.4. The first-order valence-corrected chi connectivity index (χ1v) is 11.0. The molecule has 26 heavy (non-hydrogen) atoms. The molecule has 0 unspecified atom stereocenters. The molecule has 0 saturated carbocycles. The van der Waals surface area contributed by atoms with Gasteiger partial charge >= 0.3 is 0 Å². The fourth-order valence-corrected chi connectivity index (χ4v) is 5.51. The van der Waals surface area contributed by atoms with Gasteiger partial charge in [-0.1, -0.05) is 6.07 Å². The summed E-state index contributed by atoms with van der Waals surface area (Å²) in [5.74, 6) is -0.453. The van der Waals surface area contributed by atoms with E-state index in [-0.39, 0.29) is 17.0 Å². The molecule has 1 aromatic carbocycles. The van der Waals surface area contributed by atoms with Crippen molar-refractivity contribution in [2.45, 2.75) is 23.9 Å². The van der Waals surface area contributed by atoms with Crippen LogP contribution in [0.4, 0.5) is 4.39 Å². The summed E-state index contributed by atoms with van der Waals surface area (Å²) >= 11 is 1.64. The third-order valence-electron chi connectivity index (χ3n) is 4.70. The minimum atomic E-state index is -3.71. The lowest BCUT2D eigenvalue weighted by atomic mass is 10.1. The van der Waals surface area contributed by atoms with Crippen LogP contribution in [-0.4, -0.2) is 57.5 Å². The Labute approximate surface area is 158 Å². The Kier molecular flexibility index (Phi) is 6.09. The molecule has 1 aliphatic rings. The zero-order valence-electron chi connectivity index (χ0n) is 14.9. The highest BCUT2D eigenvalue weighted by atomic mass is 32.2. The molecule has 0 spiro atoms. The molecule has 1 aliphatic heterocycles. The van der Waals surface area contributed by atoms with Crippen molar-refractivity contribution in [2.24, 2.45) is 0 Å². The number of hydrogen-bond donors (Lipinski definition) is 1. The van der Waals surface area contributed by atoms with E-state index in [1.807, 2.05) is 18.4 Å². The van der Waals surface area contributed by atoms with Crippen molar-refractivity contribution in [2.75, 3.05) is 33.2 Å². The Morgan fingerprint density at radius 3 is 2.35 bits per heavy atom. The molecule has 0 bridgehead atoms. The molecule has 0 aliphatic carbocycles. The van der Waals surface area contributed by atoms with Crippen LogP contribution in [0.1, 0.15) is 17.8 Å². The summed E-state index contributed by atoms with van der Waals surface area (Å²) in [4.78, 5) is 5.83. The van der Waals surface area contributed by atoms with Crippen LogP contribution in [0.25, 0.3) is 0 Å². The van der Waals surface area contributed by atoms with E-state index in [1.54, 1.807) is 11.3 Å². The average molecular weight is 398 g/mol. The summed E-state index contributed by atoms with van der Waals surface area (Å²) in [5, 5.41) is 2.01. The predicted molar refractivity (Wildman–Crippen MR) is 102 cm³/mol. The van der Waals surface area contributed by atoms with Gasteiger partial charge in [0, 0.05) is 37.1 Å². The molecule has 1 N–H and O–H groups in total. The summed E-state index contributed by atoms with van der Waals surface area (Å²) < 4.78 is 41.3. The van der Waals surface area contributed by atoms with Gasteiger partial charge in [0.1, 0.15) is 5.82 Å². The predicted octanol–water partition coefficient (Wildman–Crippen LogP) is 2.54. The number of rotatable bonds is 6. The van der Waals surface area contributed by atoms with Crippen LogP contribution in [0.5, 0.6) is 0 Å². The van der Waals surface area contributed by atoms with Crippen molar-refractivity contribution in [3.05, 3.63) is 52.5 Å². The lowest BCUT2D eigenvalue weighted by Crippen LogP contribution is -2.51. The smallest absolute Gasteiger partial charge is 0.240 e. The van der Waals surface area contributed by atoms with Crippen LogP contribution < -0.4 is 4.72 Å². The lowest BCUT2D eigenvalue weighted by Gasteiger charge is -2.40. The van der Waals surface area contributed by atoms with Crippen molar-refractivity contribution >= 4 is 21.4 Å². The van der Waals surface area contributed by atoms with Crippen molar-refractivity contribution in [1.29, 1.82) is 0 Å². The molecule has 2 atom stereocenters. The van der Waals surface area contributed by atoms with Crippen molar-refractivity contribution in [3.8, 4) is 0 Å². The minimum Gasteiger partial charge on any atom is -0.304 e. The van der Waals surface area contributed by atoms with Gasteiger partial charge in [0.2, 0.25) is 10.0 Å². The number of sulfonamides is 1. The third kappa shape index (κ3) is 4.50. The van der Waals surface area contributed by atoms with Crippen molar-refractivity contribution < 1.29 is 12.8 Å².